The SMILES string of the molecule is CC(N)=NCC(F)(F)CCC(N)C(=O)O. The zero-order chi connectivity index (χ0) is 12.1. The molecular weight excluding hydrogens is 208 g/mol. The van der Waals surface area contributed by atoms with Gasteiger partial charge in [-0.05, 0) is 13.3 Å². The molecule has 7 heteroatoms. The molecule has 0 aromatic rings. The summed E-state index contributed by atoms with van der Waals surface area (Å²) in [6.45, 7) is 0.667. The van der Waals surface area contributed by atoms with Gasteiger partial charge in [0, 0.05) is 6.42 Å². The molecule has 0 saturated carbocycles. The van der Waals surface area contributed by atoms with Crippen LogP contribution in [-0.4, -0.2) is 35.4 Å². The van der Waals surface area contributed by atoms with E-state index in [9.17, 15) is 13.6 Å². The maximum Gasteiger partial charge on any atom is 0.320 e. The molecule has 5 N–H and O–H groups in total. The van der Waals surface area contributed by atoms with Crippen molar-refractivity contribution in [2.24, 2.45) is 16.5 Å². The number of halogens is 2. The number of aliphatic carboxylic acids is 1. The van der Waals surface area contributed by atoms with Crippen LogP contribution in [0.5, 0.6) is 0 Å². The summed E-state index contributed by atoms with van der Waals surface area (Å²) in [6, 6.07) is -1.26. The Labute approximate surface area is 86.2 Å². The highest BCUT2D eigenvalue weighted by molar-refractivity contribution is 5.77. The molecular formula is C8H15F2N3O2. The predicted molar refractivity (Wildman–Crippen MR) is 52.0 cm³/mol. The van der Waals surface area contributed by atoms with E-state index >= 15 is 0 Å². The molecule has 0 aliphatic carbocycles. The Kier molecular flexibility index (Phi) is 5.13. The number of carbonyl (C=O) groups is 1. The Morgan fingerprint density at radius 2 is 2.13 bits per heavy atom. The molecule has 1 atom stereocenters. The molecule has 88 valence electrons. The normalized spacial score (nSPS) is 15.1. The number of aliphatic imine (C=N–C) groups is 1. The van der Waals surface area contributed by atoms with Gasteiger partial charge in [0.05, 0.1) is 5.84 Å². The Balaban J connectivity index is 4.04. The lowest BCUT2D eigenvalue weighted by molar-refractivity contribution is -0.139. The average molecular weight is 223 g/mol. The van der Waals surface area contributed by atoms with Crippen molar-refractivity contribution >= 4 is 11.8 Å². The monoisotopic (exact) mass is 223 g/mol. The van der Waals surface area contributed by atoms with Crippen LogP contribution in [0.25, 0.3) is 0 Å². The third kappa shape index (κ3) is 6.78. The van der Waals surface area contributed by atoms with E-state index in [4.69, 9.17) is 16.6 Å². The predicted octanol–water partition coefficient (Wildman–Crippen LogP) is 0.191. The molecule has 0 saturated heterocycles. The second-order valence-corrected chi connectivity index (χ2v) is 3.30. The van der Waals surface area contributed by atoms with E-state index in [-0.39, 0.29) is 12.3 Å². The van der Waals surface area contributed by atoms with Crippen molar-refractivity contribution in [2.45, 2.75) is 31.7 Å². The number of nitrogens with two attached hydrogens (primary N) is 2. The van der Waals surface area contributed by atoms with Crippen LogP contribution < -0.4 is 11.5 Å². The molecule has 0 rings (SSSR count). The molecule has 0 spiro atoms. The molecule has 0 aliphatic heterocycles. The molecule has 0 heterocycles. The van der Waals surface area contributed by atoms with Crippen molar-refractivity contribution in [3.8, 4) is 0 Å². The summed E-state index contributed by atoms with van der Waals surface area (Å²) < 4.78 is 26.0. The highest BCUT2D eigenvalue weighted by Crippen LogP contribution is 2.21. The first-order valence-corrected chi connectivity index (χ1v) is 4.37. The van der Waals surface area contributed by atoms with Crippen LogP contribution in [-0.2, 0) is 4.79 Å². The first-order valence-electron chi connectivity index (χ1n) is 4.37. The van der Waals surface area contributed by atoms with Crippen LogP contribution in [0.2, 0.25) is 0 Å². The van der Waals surface area contributed by atoms with Gasteiger partial charge in [0.1, 0.15) is 12.6 Å². The van der Waals surface area contributed by atoms with E-state index in [0.717, 1.165) is 0 Å². The number of alkyl halides is 2. The van der Waals surface area contributed by atoms with Gasteiger partial charge in [-0.3, -0.25) is 9.79 Å². The van der Waals surface area contributed by atoms with Gasteiger partial charge in [0.2, 0.25) is 0 Å². The first kappa shape index (κ1) is 13.8. The van der Waals surface area contributed by atoms with E-state index < -0.39 is 30.9 Å². The number of carboxylic acids is 1. The molecule has 5 nitrogen and oxygen atoms in total. The minimum Gasteiger partial charge on any atom is -0.480 e. The van der Waals surface area contributed by atoms with E-state index in [1.54, 1.807) is 0 Å². The Bertz CT molecular complexity index is 252. The Morgan fingerprint density at radius 1 is 1.60 bits per heavy atom. The summed E-state index contributed by atoms with van der Waals surface area (Å²) >= 11 is 0. The number of hydrogen-bond acceptors (Lipinski definition) is 3. The highest BCUT2D eigenvalue weighted by atomic mass is 19.3. The van der Waals surface area contributed by atoms with Gasteiger partial charge in [0.25, 0.3) is 5.92 Å². The third-order valence-corrected chi connectivity index (χ3v) is 1.70. The smallest absolute Gasteiger partial charge is 0.320 e. The van der Waals surface area contributed by atoms with Crippen LogP contribution in [0.15, 0.2) is 4.99 Å². The van der Waals surface area contributed by atoms with Gasteiger partial charge in [-0.1, -0.05) is 0 Å². The fourth-order valence-corrected chi connectivity index (χ4v) is 0.810. The summed E-state index contributed by atoms with van der Waals surface area (Å²) in [5, 5.41) is 8.38. The minimum atomic E-state index is -3.06. The number of rotatable bonds is 6. The second-order valence-electron chi connectivity index (χ2n) is 3.30. The fourth-order valence-electron chi connectivity index (χ4n) is 0.810. The van der Waals surface area contributed by atoms with E-state index in [2.05, 4.69) is 4.99 Å². The third-order valence-electron chi connectivity index (χ3n) is 1.70. The largest absolute Gasteiger partial charge is 0.480 e. The molecule has 15 heavy (non-hydrogen) atoms. The molecule has 0 bridgehead atoms. The van der Waals surface area contributed by atoms with Crippen molar-refractivity contribution in [1.29, 1.82) is 0 Å². The second kappa shape index (κ2) is 5.59. The molecule has 0 amide bonds. The Morgan fingerprint density at radius 3 is 2.53 bits per heavy atom. The quantitative estimate of drug-likeness (QED) is 0.442. The van der Waals surface area contributed by atoms with Crippen molar-refractivity contribution in [3.63, 3.8) is 0 Å². The summed E-state index contributed by atoms with van der Waals surface area (Å²) in [5.41, 5.74) is 10.2. The molecule has 0 fully saturated rings. The minimum absolute atomic E-state index is 0.0669. The van der Waals surface area contributed by atoms with Crippen LogP contribution in [0.3, 0.4) is 0 Å². The van der Waals surface area contributed by atoms with Gasteiger partial charge in [0.15, 0.2) is 0 Å². The average Bonchev–Trinajstić information content (AvgIpc) is 2.11. The molecule has 0 aromatic heterocycles. The number of carboxylic acid groups (broad SMARTS) is 1. The van der Waals surface area contributed by atoms with Crippen molar-refractivity contribution < 1.29 is 18.7 Å². The summed E-state index contributed by atoms with van der Waals surface area (Å²) in [4.78, 5) is 13.6. The van der Waals surface area contributed by atoms with E-state index in [1.165, 1.54) is 6.92 Å². The van der Waals surface area contributed by atoms with E-state index in [0.29, 0.717) is 0 Å². The molecule has 0 aliphatic rings. The molecule has 0 radical (unpaired) electrons. The first-order chi connectivity index (χ1) is 6.74. The molecule has 0 aromatic carbocycles. The summed E-state index contributed by atoms with van der Waals surface area (Å²) in [5.74, 6) is -4.28. The van der Waals surface area contributed by atoms with Gasteiger partial charge in [-0.2, -0.15) is 0 Å². The van der Waals surface area contributed by atoms with Crippen molar-refractivity contribution in [3.05, 3.63) is 0 Å². The summed E-state index contributed by atoms with van der Waals surface area (Å²) in [6.07, 6.45) is -0.904. The zero-order valence-corrected chi connectivity index (χ0v) is 8.41. The maximum absolute atomic E-state index is 13.0. The Hall–Kier alpha value is -1.24. The number of amidine groups is 1. The number of hydrogen-bond donors (Lipinski definition) is 3. The topological polar surface area (TPSA) is 102 Å². The van der Waals surface area contributed by atoms with E-state index in [1.807, 2.05) is 0 Å². The highest BCUT2D eigenvalue weighted by Gasteiger charge is 2.30. The lowest BCUT2D eigenvalue weighted by atomic mass is 10.1. The van der Waals surface area contributed by atoms with Gasteiger partial charge in [-0.15, -0.1) is 0 Å². The molecule has 1 unspecified atom stereocenters. The zero-order valence-electron chi connectivity index (χ0n) is 8.41. The summed E-state index contributed by atoms with van der Waals surface area (Å²) in [7, 11) is 0. The number of nitrogens with zero attached hydrogens (tertiary/aromatic N) is 1. The van der Waals surface area contributed by atoms with Gasteiger partial charge < -0.3 is 16.6 Å². The van der Waals surface area contributed by atoms with Gasteiger partial charge >= 0.3 is 5.97 Å². The van der Waals surface area contributed by atoms with Crippen molar-refractivity contribution in [1.82, 2.24) is 0 Å². The van der Waals surface area contributed by atoms with Crippen LogP contribution in [0, 0.1) is 0 Å². The van der Waals surface area contributed by atoms with Gasteiger partial charge in [-0.25, -0.2) is 8.78 Å². The maximum atomic E-state index is 13.0. The lowest BCUT2D eigenvalue weighted by Crippen LogP contribution is -2.33. The van der Waals surface area contributed by atoms with Crippen LogP contribution >= 0.6 is 0 Å². The fraction of sp³-hybridized carbons (Fsp3) is 0.750. The van der Waals surface area contributed by atoms with Crippen LogP contribution in [0.1, 0.15) is 19.8 Å². The standard InChI is InChI=1S/C8H15F2N3O2/c1-5(11)13-4-8(9,10)3-2-6(12)7(14)15/h6H,2-4,12H2,1H3,(H2,11,13)(H,14,15). The van der Waals surface area contributed by atoms with Crippen LogP contribution in [0.4, 0.5) is 8.78 Å². The lowest BCUT2D eigenvalue weighted by Gasteiger charge is -2.15. The van der Waals surface area contributed by atoms with Crippen molar-refractivity contribution in [2.75, 3.05) is 6.54 Å².